The highest BCUT2D eigenvalue weighted by atomic mass is 79.9. The van der Waals surface area contributed by atoms with E-state index in [0.717, 1.165) is 10.0 Å². The van der Waals surface area contributed by atoms with Crippen molar-refractivity contribution in [2.24, 2.45) is 5.16 Å². The predicted molar refractivity (Wildman–Crippen MR) is 94.1 cm³/mol. The lowest BCUT2D eigenvalue weighted by Gasteiger charge is -2.06. The van der Waals surface area contributed by atoms with E-state index in [0.29, 0.717) is 11.3 Å². The van der Waals surface area contributed by atoms with Gasteiger partial charge in [0.15, 0.2) is 6.61 Å². The molecule has 1 amide bonds. The van der Waals surface area contributed by atoms with Gasteiger partial charge in [0.2, 0.25) is 0 Å². The van der Waals surface area contributed by atoms with Crippen LogP contribution in [0, 0.1) is 6.92 Å². The Bertz CT molecular complexity index is 752. The van der Waals surface area contributed by atoms with Crippen molar-refractivity contribution in [3.05, 3.63) is 58.1 Å². The van der Waals surface area contributed by atoms with Gasteiger partial charge >= 0.3 is 6.61 Å². The number of rotatable bonds is 7. The van der Waals surface area contributed by atoms with E-state index in [2.05, 4.69) is 31.1 Å². The lowest BCUT2D eigenvalue weighted by Crippen LogP contribution is -2.17. The molecular weight excluding hydrogens is 398 g/mol. The average molecular weight is 413 g/mol. The Morgan fingerprint density at radius 3 is 2.64 bits per heavy atom. The molecule has 0 bridgehead atoms. The summed E-state index contributed by atoms with van der Waals surface area (Å²) in [6, 6.07) is 11.3. The summed E-state index contributed by atoms with van der Waals surface area (Å²) < 4.78 is 29.3. The van der Waals surface area contributed by atoms with E-state index in [1.807, 2.05) is 19.1 Å². The maximum Gasteiger partial charge on any atom is 0.387 e. The molecule has 2 aromatic carbocycles. The maximum absolute atomic E-state index is 12.0. The summed E-state index contributed by atoms with van der Waals surface area (Å²) in [6.45, 7) is -1.20. The smallest absolute Gasteiger partial charge is 0.387 e. The third kappa shape index (κ3) is 6.50. The molecule has 0 aliphatic rings. The van der Waals surface area contributed by atoms with Crippen molar-refractivity contribution in [2.45, 2.75) is 13.5 Å². The van der Waals surface area contributed by atoms with Crippen LogP contribution >= 0.6 is 15.9 Å². The van der Waals surface area contributed by atoms with Gasteiger partial charge in [0, 0.05) is 10.2 Å². The van der Waals surface area contributed by atoms with Crippen LogP contribution in [0.3, 0.4) is 0 Å². The molecular formula is C17H15BrF2N2O3. The summed E-state index contributed by atoms with van der Waals surface area (Å²) in [6.07, 6.45) is 1.36. The van der Waals surface area contributed by atoms with Gasteiger partial charge in [-0.05, 0) is 60.5 Å². The van der Waals surface area contributed by atoms with E-state index in [4.69, 9.17) is 4.84 Å². The first-order chi connectivity index (χ1) is 11.9. The van der Waals surface area contributed by atoms with E-state index < -0.39 is 6.61 Å². The molecule has 0 radical (unpaired) electrons. The summed E-state index contributed by atoms with van der Waals surface area (Å²) >= 11 is 3.38. The molecule has 0 saturated carbocycles. The number of carbonyl (C=O) groups is 1. The van der Waals surface area contributed by atoms with Crippen LogP contribution in [0.25, 0.3) is 0 Å². The molecule has 0 aliphatic heterocycles. The number of oxime groups is 1. The first kappa shape index (κ1) is 18.9. The lowest BCUT2D eigenvalue weighted by atomic mass is 10.2. The summed E-state index contributed by atoms with van der Waals surface area (Å²) in [5.74, 6) is -0.295. The number of hydrogen-bond acceptors (Lipinski definition) is 4. The summed E-state index contributed by atoms with van der Waals surface area (Å²) in [5.41, 5.74) is 2.27. The maximum atomic E-state index is 12.0. The SMILES string of the molecule is Cc1cc(NC(=O)CO/N=C/c2ccc(OC(F)F)cc2)ccc1Br. The molecule has 0 aromatic heterocycles. The van der Waals surface area contributed by atoms with Crippen molar-refractivity contribution in [1.82, 2.24) is 0 Å². The number of hydrogen-bond donors (Lipinski definition) is 1. The third-order valence-corrected chi connectivity index (χ3v) is 3.91. The second-order valence-corrected chi connectivity index (χ2v) is 5.82. The van der Waals surface area contributed by atoms with Crippen molar-refractivity contribution in [2.75, 3.05) is 11.9 Å². The largest absolute Gasteiger partial charge is 0.435 e. The molecule has 0 spiro atoms. The molecule has 5 nitrogen and oxygen atoms in total. The summed E-state index contributed by atoms with van der Waals surface area (Å²) in [4.78, 5) is 16.7. The highest BCUT2D eigenvalue weighted by Crippen LogP contribution is 2.19. The predicted octanol–water partition coefficient (Wildman–Crippen LogP) is 4.35. The van der Waals surface area contributed by atoms with E-state index in [9.17, 15) is 13.6 Å². The molecule has 0 fully saturated rings. The molecule has 2 aromatic rings. The molecule has 0 saturated heterocycles. The van der Waals surface area contributed by atoms with Gasteiger partial charge in [-0.2, -0.15) is 8.78 Å². The fourth-order valence-corrected chi connectivity index (χ4v) is 2.10. The van der Waals surface area contributed by atoms with Crippen molar-refractivity contribution in [3.63, 3.8) is 0 Å². The Morgan fingerprint density at radius 2 is 2.00 bits per heavy atom. The van der Waals surface area contributed by atoms with Gasteiger partial charge < -0.3 is 14.9 Å². The van der Waals surface area contributed by atoms with Crippen LogP contribution < -0.4 is 10.1 Å². The minimum Gasteiger partial charge on any atom is -0.435 e. The molecule has 2 rings (SSSR count). The second kappa shape index (κ2) is 9.12. The standard InChI is InChI=1S/C17H15BrF2N2O3/c1-11-8-13(4-7-15(11)18)22-16(23)10-24-21-9-12-2-5-14(6-3-12)25-17(19)20/h2-9,17H,10H2,1H3,(H,22,23)/b21-9+. The zero-order chi connectivity index (χ0) is 18.2. The third-order valence-electron chi connectivity index (χ3n) is 3.02. The zero-order valence-corrected chi connectivity index (χ0v) is 14.8. The van der Waals surface area contributed by atoms with Crippen molar-refractivity contribution < 1.29 is 23.1 Å². The molecule has 1 N–H and O–H groups in total. The fraction of sp³-hybridized carbons (Fsp3) is 0.176. The quantitative estimate of drug-likeness (QED) is 0.543. The van der Waals surface area contributed by atoms with Gasteiger partial charge in [0.25, 0.3) is 5.91 Å². The van der Waals surface area contributed by atoms with Crippen molar-refractivity contribution in [1.29, 1.82) is 0 Å². The fourth-order valence-electron chi connectivity index (χ4n) is 1.85. The summed E-state index contributed by atoms with van der Waals surface area (Å²) in [5, 5.41) is 6.35. The number of aryl methyl sites for hydroxylation is 1. The Hall–Kier alpha value is -2.48. The number of amides is 1. The van der Waals surface area contributed by atoms with Crippen LogP contribution in [0.4, 0.5) is 14.5 Å². The van der Waals surface area contributed by atoms with Gasteiger partial charge in [-0.15, -0.1) is 0 Å². The molecule has 25 heavy (non-hydrogen) atoms. The average Bonchev–Trinajstić information content (AvgIpc) is 2.56. The lowest BCUT2D eigenvalue weighted by molar-refractivity contribution is -0.120. The number of ether oxygens (including phenoxy) is 1. The highest BCUT2D eigenvalue weighted by Gasteiger charge is 2.05. The molecule has 8 heteroatoms. The number of anilines is 1. The Kier molecular flexibility index (Phi) is 6.88. The van der Waals surface area contributed by atoms with Crippen LogP contribution in [-0.2, 0) is 9.63 Å². The van der Waals surface area contributed by atoms with Crippen LogP contribution in [0.2, 0.25) is 0 Å². The molecule has 0 aliphatic carbocycles. The second-order valence-electron chi connectivity index (χ2n) is 4.97. The number of nitrogens with zero attached hydrogens (tertiary/aromatic N) is 1. The van der Waals surface area contributed by atoms with Crippen LogP contribution in [0.5, 0.6) is 5.75 Å². The van der Waals surface area contributed by atoms with Gasteiger partial charge in [-0.1, -0.05) is 21.1 Å². The van der Waals surface area contributed by atoms with E-state index in [1.54, 1.807) is 6.07 Å². The Morgan fingerprint density at radius 1 is 1.28 bits per heavy atom. The Balaban J connectivity index is 1.78. The minimum absolute atomic E-state index is 0.0530. The van der Waals surface area contributed by atoms with Crippen molar-refractivity contribution in [3.8, 4) is 5.75 Å². The minimum atomic E-state index is -2.86. The first-order valence-electron chi connectivity index (χ1n) is 7.20. The van der Waals surface area contributed by atoms with Crippen LogP contribution in [0.15, 0.2) is 52.1 Å². The van der Waals surface area contributed by atoms with Crippen LogP contribution in [0.1, 0.15) is 11.1 Å². The number of alkyl halides is 2. The molecule has 0 atom stereocenters. The van der Waals surface area contributed by atoms with Gasteiger partial charge in [-0.3, -0.25) is 4.79 Å². The normalized spacial score (nSPS) is 10.9. The van der Waals surface area contributed by atoms with Crippen molar-refractivity contribution >= 4 is 33.7 Å². The molecule has 0 heterocycles. The van der Waals surface area contributed by atoms with E-state index >= 15 is 0 Å². The topological polar surface area (TPSA) is 59.9 Å². The van der Waals surface area contributed by atoms with Gasteiger partial charge in [0.1, 0.15) is 5.75 Å². The molecule has 132 valence electrons. The monoisotopic (exact) mass is 412 g/mol. The molecule has 0 unspecified atom stereocenters. The number of halogens is 3. The van der Waals surface area contributed by atoms with E-state index in [1.165, 1.54) is 30.5 Å². The van der Waals surface area contributed by atoms with E-state index in [-0.39, 0.29) is 18.3 Å². The van der Waals surface area contributed by atoms with Gasteiger partial charge in [-0.25, -0.2) is 0 Å². The highest BCUT2D eigenvalue weighted by molar-refractivity contribution is 9.10. The first-order valence-corrected chi connectivity index (χ1v) is 7.99. The van der Waals surface area contributed by atoms with Gasteiger partial charge in [0.05, 0.1) is 6.21 Å². The Labute approximate surface area is 151 Å². The zero-order valence-electron chi connectivity index (χ0n) is 13.2. The number of nitrogens with one attached hydrogen (secondary N) is 1. The summed E-state index contributed by atoms with van der Waals surface area (Å²) in [7, 11) is 0. The van der Waals surface area contributed by atoms with Crippen LogP contribution in [-0.4, -0.2) is 25.3 Å². The number of benzene rings is 2. The number of carbonyl (C=O) groups excluding carboxylic acids is 1.